The SMILES string of the molecule is NC(CCN1CCCCC1=O)c1ccccc1. The van der Waals surface area contributed by atoms with E-state index in [0.29, 0.717) is 6.42 Å². The van der Waals surface area contributed by atoms with E-state index in [4.69, 9.17) is 5.73 Å². The Kier molecular flexibility index (Phi) is 4.15. The zero-order valence-corrected chi connectivity index (χ0v) is 10.1. The minimum Gasteiger partial charge on any atom is -0.343 e. The number of amides is 1. The molecule has 3 heteroatoms. The Labute approximate surface area is 103 Å². The number of carbonyl (C=O) groups excluding carboxylic acids is 1. The van der Waals surface area contributed by atoms with Crippen molar-refractivity contribution in [3.8, 4) is 0 Å². The van der Waals surface area contributed by atoms with E-state index in [1.54, 1.807) is 0 Å². The molecule has 1 saturated heterocycles. The molecule has 1 aromatic rings. The topological polar surface area (TPSA) is 46.3 Å². The number of rotatable bonds is 4. The number of benzene rings is 1. The third kappa shape index (κ3) is 3.30. The van der Waals surface area contributed by atoms with Gasteiger partial charge in [0.1, 0.15) is 0 Å². The van der Waals surface area contributed by atoms with Gasteiger partial charge in [0, 0.05) is 25.6 Å². The van der Waals surface area contributed by atoms with E-state index < -0.39 is 0 Å². The number of piperidine rings is 1. The molecule has 92 valence electrons. The fourth-order valence-corrected chi connectivity index (χ4v) is 2.26. The van der Waals surface area contributed by atoms with Crippen LogP contribution in [0.1, 0.15) is 37.3 Å². The van der Waals surface area contributed by atoms with Crippen LogP contribution in [0.3, 0.4) is 0 Å². The molecular weight excluding hydrogens is 212 g/mol. The van der Waals surface area contributed by atoms with Gasteiger partial charge >= 0.3 is 0 Å². The van der Waals surface area contributed by atoms with Crippen LogP contribution in [0.5, 0.6) is 0 Å². The molecular formula is C14H20N2O. The molecule has 1 aliphatic rings. The third-order valence-electron chi connectivity index (χ3n) is 3.36. The minimum absolute atomic E-state index is 0.0333. The van der Waals surface area contributed by atoms with Crippen LogP contribution >= 0.6 is 0 Å². The van der Waals surface area contributed by atoms with Crippen molar-refractivity contribution in [2.24, 2.45) is 5.73 Å². The smallest absolute Gasteiger partial charge is 0.222 e. The standard InChI is InChI=1S/C14H20N2O/c15-13(12-6-2-1-3-7-12)9-11-16-10-5-4-8-14(16)17/h1-3,6-7,13H,4-5,8-11,15H2. The van der Waals surface area contributed by atoms with Crippen LogP contribution in [-0.4, -0.2) is 23.9 Å². The van der Waals surface area contributed by atoms with E-state index in [1.807, 2.05) is 35.2 Å². The number of likely N-dealkylation sites (tertiary alicyclic amines) is 1. The number of hydrogen-bond acceptors (Lipinski definition) is 2. The number of nitrogens with zero attached hydrogens (tertiary/aromatic N) is 1. The minimum atomic E-state index is 0.0333. The first-order valence-electron chi connectivity index (χ1n) is 6.35. The lowest BCUT2D eigenvalue weighted by atomic mass is 10.0. The maximum atomic E-state index is 11.6. The van der Waals surface area contributed by atoms with Gasteiger partial charge in [-0.15, -0.1) is 0 Å². The van der Waals surface area contributed by atoms with Crippen molar-refractivity contribution in [3.63, 3.8) is 0 Å². The number of hydrogen-bond donors (Lipinski definition) is 1. The van der Waals surface area contributed by atoms with Crippen molar-refractivity contribution in [2.75, 3.05) is 13.1 Å². The van der Waals surface area contributed by atoms with E-state index in [-0.39, 0.29) is 11.9 Å². The fraction of sp³-hybridized carbons (Fsp3) is 0.500. The van der Waals surface area contributed by atoms with Crippen molar-refractivity contribution < 1.29 is 4.79 Å². The summed E-state index contributed by atoms with van der Waals surface area (Å²) >= 11 is 0. The predicted molar refractivity (Wildman–Crippen MR) is 68.4 cm³/mol. The van der Waals surface area contributed by atoms with Crippen LogP contribution in [0.2, 0.25) is 0 Å². The molecule has 0 saturated carbocycles. The van der Waals surface area contributed by atoms with Crippen LogP contribution < -0.4 is 5.73 Å². The van der Waals surface area contributed by atoms with Gasteiger partial charge < -0.3 is 10.6 Å². The highest BCUT2D eigenvalue weighted by molar-refractivity contribution is 5.76. The van der Waals surface area contributed by atoms with Crippen LogP contribution in [-0.2, 0) is 4.79 Å². The normalized spacial score (nSPS) is 18.2. The molecule has 1 fully saturated rings. The number of carbonyl (C=O) groups is 1. The Balaban J connectivity index is 1.83. The molecule has 0 bridgehead atoms. The van der Waals surface area contributed by atoms with Crippen LogP contribution in [0.15, 0.2) is 30.3 Å². The molecule has 1 amide bonds. The summed E-state index contributed by atoms with van der Waals surface area (Å²) in [5.41, 5.74) is 7.27. The van der Waals surface area contributed by atoms with Crippen LogP contribution in [0.4, 0.5) is 0 Å². The molecule has 2 rings (SSSR count). The molecule has 1 unspecified atom stereocenters. The number of nitrogens with two attached hydrogens (primary N) is 1. The van der Waals surface area contributed by atoms with Gasteiger partial charge in [0.15, 0.2) is 0 Å². The summed E-state index contributed by atoms with van der Waals surface area (Å²) in [7, 11) is 0. The zero-order chi connectivity index (χ0) is 12.1. The Hall–Kier alpha value is -1.35. The summed E-state index contributed by atoms with van der Waals surface area (Å²) in [6, 6.07) is 10.1. The molecule has 3 nitrogen and oxygen atoms in total. The van der Waals surface area contributed by atoms with Gasteiger partial charge in [-0.1, -0.05) is 30.3 Å². The molecule has 1 heterocycles. The molecule has 1 aliphatic heterocycles. The lowest BCUT2D eigenvalue weighted by Crippen LogP contribution is -2.37. The van der Waals surface area contributed by atoms with Crippen molar-refractivity contribution in [2.45, 2.75) is 31.7 Å². The Morgan fingerprint density at radius 3 is 2.71 bits per heavy atom. The van der Waals surface area contributed by atoms with E-state index in [1.165, 1.54) is 0 Å². The highest BCUT2D eigenvalue weighted by Gasteiger charge is 2.18. The van der Waals surface area contributed by atoms with Gasteiger partial charge in [0.25, 0.3) is 0 Å². The van der Waals surface area contributed by atoms with E-state index >= 15 is 0 Å². The second kappa shape index (κ2) is 5.82. The second-order valence-corrected chi connectivity index (χ2v) is 4.64. The molecule has 0 spiro atoms. The maximum Gasteiger partial charge on any atom is 0.222 e. The van der Waals surface area contributed by atoms with E-state index in [0.717, 1.165) is 37.9 Å². The van der Waals surface area contributed by atoms with Crippen molar-refractivity contribution in [3.05, 3.63) is 35.9 Å². The Bertz CT molecular complexity index is 364. The lowest BCUT2D eigenvalue weighted by Gasteiger charge is -2.27. The average molecular weight is 232 g/mol. The van der Waals surface area contributed by atoms with Gasteiger partial charge in [-0.3, -0.25) is 4.79 Å². The molecule has 0 aromatic heterocycles. The highest BCUT2D eigenvalue weighted by Crippen LogP contribution is 2.16. The molecule has 2 N–H and O–H groups in total. The van der Waals surface area contributed by atoms with E-state index in [2.05, 4.69) is 0 Å². The van der Waals surface area contributed by atoms with Crippen molar-refractivity contribution in [1.29, 1.82) is 0 Å². The predicted octanol–water partition coefficient (Wildman–Crippen LogP) is 2.09. The lowest BCUT2D eigenvalue weighted by molar-refractivity contribution is -0.133. The zero-order valence-electron chi connectivity index (χ0n) is 10.1. The first-order valence-corrected chi connectivity index (χ1v) is 6.35. The summed E-state index contributed by atoms with van der Waals surface area (Å²) in [6.45, 7) is 1.69. The summed E-state index contributed by atoms with van der Waals surface area (Å²) < 4.78 is 0. The largest absolute Gasteiger partial charge is 0.343 e. The molecule has 1 aromatic carbocycles. The molecule has 1 atom stereocenters. The van der Waals surface area contributed by atoms with E-state index in [9.17, 15) is 4.79 Å². The third-order valence-corrected chi connectivity index (χ3v) is 3.36. The van der Waals surface area contributed by atoms with Gasteiger partial charge in [-0.25, -0.2) is 0 Å². The summed E-state index contributed by atoms with van der Waals surface area (Å²) in [5.74, 6) is 0.288. The quantitative estimate of drug-likeness (QED) is 0.864. The fourth-order valence-electron chi connectivity index (χ4n) is 2.26. The molecule has 17 heavy (non-hydrogen) atoms. The summed E-state index contributed by atoms with van der Waals surface area (Å²) in [4.78, 5) is 13.6. The highest BCUT2D eigenvalue weighted by atomic mass is 16.2. The maximum absolute atomic E-state index is 11.6. The Morgan fingerprint density at radius 2 is 2.00 bits per heavy atom. The van der Waals surface area contributed by atoms with Gasteiger partial charge in [-0.05, 0) is 24.8 Å². The second-order valence-electron chi connectivity index (χ2n) is 4.64. The van der Waals surface area contributed by atoms with Gasteiger partial charge in [-0.2, -0.15) is 0 Å². The van der Waals surface area contributed by atoms with Gasteiger partial charge in [0.05, 0.1) is 0 Å². The Morgan fingerprint density at radius 1 is 1.24 bits per heavy atom. The molecule has 0 radical (unpaired) electrons. The van der Waals surface area contributed by atoms with Crippen LogP contribution in [0.25, 0.3) is 0 Å². The van der Waals surface area contributed by atoms with Gasteiger partial charge in [0.2, 0.25) is 5.91 Å². The first kappa shape index (κ1) is 12.1. The summed E-state index contributed by atoms with van der Waals surface area (Å²) in [6.07, 6.45) is 3.72. The first-order chi connectivity index (χ1) is 8.27. The summed E-state index contributed by atoms with van der Waals surface area (Å²) in [5, 5.41) is 0. The molecule has 0 aliphatic carbocycles. The van der Waals surface area contributed by atoms with Crippen molar-refractivity contribution in [1.82, 2.24) is 4.90 Å². The average Bonchev–Trinajstić information content (AvgIpc) is 2.38. The monoisotopic (exact) mass is 232 g/mol. The van der Waals surface area contributed by atoms with Crippen LogP contribution in [0, 0.1) is 0 Å². The van der Waals surface area contributed by atoms with Crippen molar-refractivity contribution >= 4 is 5.91 Å².